The van der Waals surface area contributed by atoms with Gasteiger partial charge in [0, 0.05) is 17.8 Å². The van der Waals surface area contributed by atoms with Crippen molar-refractivity contribution in [2.45, 2.75) is 6.92 Å². The molecule has 0 N–H and O–H groups in total. The first-order chi connectivity index (χ1) is 8.29. The van der Waals surface area contributed by atoms with Crippen LogP contribution in [-0.4, -0.2) is 24.2 Å². The summed E-state index contributed by atoms with van der Waals surface area (Å²) in [7, 11) is 0. The molecule has 0 aliphatic carbocycles. The van der Waals surface area contributed by atoms with Crippen molar-refractivity contribution in [2.24, 2.45) is 0 Å². The van der Waals surface area contributed by atoms with E-state index in [9.17, 15) is 4.79 Å². The Hall–Kier alpha value is -2.10. The Morgan fingerprint density at radius 3 is 3.00 bits per heavy atom. The zero-order valence-electron chi connectivity index (χ0n) is 9.55. The van der Waals surface area contributed by atoms with E-state index in [1.165, 1.54) is 0 Å². The van der Waals surface area contributed by atoms with Gasteiger partial charge in [0.2, 0.25) is 0 Å². The first-order valence-electron chi connectivity index (χ1n) is 5.42. The van der Waals surface area contributed by atoms with Crippen molar-refractivity contribution in [3.05, 3.63) is 36.7 Å². The SMILES string of the molecule is CCOC(=O)COc1ccc2cnccc2c1. The number of carbonyl (C=O) groups excluding carboxylic acids is 1. The predicted octanol–water partition coefficient (Wildman–Crippen LogP) is 2.18. The minimum Gasteiger partial charge on any atom is -0.482 e. The Morgan fingerprint density at radius 2 is 2.18 bits per heavy atom. The molecule has 0 fully saturated rings. The van der Waals surface area contributed by atoms with Crippen LogP contribution in [0.1, 0.15) is 6.92 Å². The van der Waals surface area contributed by atoms with Crippen LogP contribution in [-0.2, 0) is 9.53 Å². The molecule has 2 rings (SSSR count). The van der Waals surface area contributed by atoms with Crippen molar-refractivity contribution in [1.82, 2.24) is 4.98 Å². The molecule has 1 aromatic carbocycles. The summed E-state index contributed by atoms with van der Waals surface area (Å²) in [6.45, 7) is 2.07. The van der Waals surface area contributed by atoms with Gasteiger partial charge in [-0.25, -0.2) is 4.79 Å². The van der Waals surface area contributed by atoms with Crippen molar-refractivity contribution < 1.29 is 14.3 Å². The molecule has 0 bridgehead atoms. The molecule has 1 heterocycles. The maximum absolute atomic E-state index is 11.1. The summed E-state index contributed by atoms with van der Waals surface area (Å²) in [6, 6.07) is 7.48. The number of rotatable bonds is 4. The van der Waals surface area contributed by atoms with Crippen LogP contribution in [0.15, 0.2) is 36.7 Å². The third-order valence-corrected chi connectivity index (χ3v) is 2.27. The zero-order valence-corrected chi connectivity index (χ0v) is 9.55. The summed E-state index contributed by atoms with van der Waals surface area (Å²) >= 11 is 0. The van der Waals surface area contributed by atoms with E-state index < -0.39 is 0 Å². The first-order valence-corrected chi connectivity index (χ1v) is 5.42. The number of carbonyl (C=O) groups is 1. The number of hydrogen-bond donors (Lipinski definition) is 0. The van der Waals surface area contributed by atoms with Crippen LogP contribution in [0.5, 0.6) is 5.75 Å². The van der Waals surface area contributed by atoms with Crippen molar-refractivity contribution in [3.63, 3.8) is 0 Å². The van der Waals surface area contributed by atoms with Crippen LogP contribution in [0.4, 0.5) is 0 Å². The molecule has 88 valence electrons. The molecular formula is C13H13NO3. The lowest BCUT2D eigenvalue weighted by Crippen LogP contribution is -2.14. The van der Waals surface area contributed by atoms with Crippen molar-refractivity contribution in [1.29, 1.82) is 0 Å². The molecule has 0 saturated carbocycles. The van der Waals surface area contributed by atoms with Crippen LogP contribution >= 0.6 is 0 Å². The van der Waals surface area contributed by atoms with E-state index in [0.717, 1.165) is 10.8 Å². The Kier molecular flexibility index (Phi) is 3.55. The van der Waals surface area contributed by atoms with Gasteiger partial charge >= 0.3 is 5.97 Å². The Morgan fingerprint density at radius 1 is 1.29 bits per heavy atom. The van der Waals surface area contributed by atoms with E-state index in [4.69, 9.17) is 9.47 Å². The zero-order chi connectivity index (χ0) is 12.1. The van der Waals surface area contributed by atoms with Gasteiger partial charge < -0.3 is 9.47 Å². The van der Waals surface area contributed by atoms with E-state index in [2.05, 4.69) is 4.98 Å². The number of benzene rings is 1. The number of ether oxygens (including phenoxy) is 2. The monoisotopic (exact) mass is 231 g/mol. The highest BCUT2D eigenvalue weighted by Gasteiger charge is 2.03. The van der Waals surface area contributed by atoms with Crippen molar-refractivity contribution >= 4 is 16.7 Å². The van der Waals surface area contributed by atoms with Gasteiger partial charge in [-0.3, -0.25) is 4.98 Å². The van der Waals surface area contributed by atoms with E-state index >= 15 is 0 Å². The second kappa shape index (κ2) is 5.30. The Bertz CT molecular complexity index is 525. The molecule has 0 atom stereocenters. The maximum atomic E-state index is 11.1. The highest BCUT2D eigenvalue weighted by atomic mass is 16.6. The molecule has 4 nitrogen and oxygen atoms in total. The Balaban J connectivity index is 2.06. The molecule has 1 aromatic heterocycles. The van der Waals surface area contributed by atoms with Crippen LogP contribution in [0.25, 0.3) is 10.8 Å². The van der Waals surface area contributed by atoms with Crippen molar-refractivity contribution in [3.8, 4) is 5.75 Å². The van der Waals surface area contributed by atoms with Gasteiger partial charge in [-0.2, -0.15) is 0 Å². The van der Waals surface area contributed by atoms with E-state index in [1.54, 1.807) is 19.3 Å². The average molecular weight is 231 g/mol. The molecule has 4 heteroatoms. The average Bonchev–Trinajstić information content (AvgIpc) is 2.36. The van der Waals surface area contributed by atoms with Crippen LogP contribution in [0.2, 0.25) is 0 Å². The quantitative estimate of drug-likeness (QED) is 0.757. The minimum absolute atomic E-state index is 0.0650. The second-order valence-electron chi connectivity index (χ2n) is 3.48. The summed E-state index contributed by atoms with van der Waals surface area (Å²) in [4.78, 5) is 15.1. The number of fused-ring (bicyclic) bond motifs is 1. The molecule has 2 aromatic rings. The fourth-order valence-electron chi connectivity index (χ4n) is 1.50. The third-order valence-electron chi connectivity index (χ3n) is 2.27. The Labute approximate surface area is 99.2 Å². The molecule has 0 spiro atoms. The van der Waals surface area contributed by atoms with E-state index in [1.807, 2.05) is 24.3 Å². The number of nitrogens with zero attached hydrogens (tertiary/aromatic N) is 1. The highest BCUT2D eigenvalue weighted by Crippen LogP contribution is 2.19. The largest absolute Gasteiger partial charge is 0.482 e. The van der Waals surface area contributed by atoms with Gasteiger partial charge in [0.1, 0.15) is 5.75 Å². The van der Waals surface area contributed by atoms with E-state index in [0.29, 0.717) is 12.4 Å². The summed E-state index contributed by atoms with van der Waals surface area (Å²) in [5.41, 5.74) is 0. The maximum Gasteiger partial charge on any atom is 0.344 e. The second-order valence-corrected chi connectivity index (χ2v) is 3.48. The molecule has 0 unspecified atom stereocenters. The molecule has 0 saturated heterocycles. The predicted molar refractivity (Wildman–Crippen MR) is 63.9 cm³/mol. The summed E-state index contributed by atoms with van der Waals surface area (Å²) in [5, 5.41) is 2.07. The van der Waals surface area contributed by atoms with Gasteiger partial charge in [0.25, 0.3) is 0 Å². The molecule has 0 radical (unpaired) electrons. The molecular weight excluding hydrogens is 218 g/mol. The van der Waals surface area contributed by atoms with Crippen LogP contribution < -0.4 is 4.74 Å². The highest BCUT2D eigenvalue weighted by molar-refractivity contribution is 5.82. The standard InChI is InChI=1S/C13H13NO3/c1-2-16-13(15)9-17-12-4-3-11-8-14-6-5-10(11)7-12/h3-8H,2,9H2,1H3. The van der Waals surface area contributed by atoms with Gasteiger partial charge in [0.15, 0.2) is 6.61 Å². The fourth-order valence-corrected chi connectivity index (χ4v) is 1.50. The number of hydrogen-bond acceptors (Lipinski definition) is 4. The molecule has 0 aliphatic heterocycles. The van der Waals surface area contributed by atoms with E-state index in [-0.39, 0.29) is 12.6 Å². The number of esters is 1. The van der Waals surface area contributed by atoms with Gasteiger partial charge in [-0.15, -0.1) is 0 Å². The molecule has 0 aliphatic rings. The van der Waals surface area contributed by atoms with Gasteiger partial charge in [-0.05, 0) is 36.6 Å². The fraction of sp³-hybridized carbons (Fsp3) is 0.231. The van der Waals surface area contributed by atoms with Gasteiger partial charge in [-0.1, -0.05) is 0 Å². The third kappa shape index (κ3) is 2.93. The molecule has 0 amide bonds. The lowest BCUT2D eigenvalue weighted by molar-refractivity contribution is -0.145. The first kappa shape index (κ1) is 11.4. The summed E-state index contributed by atoms with van der Waals surface area (Å²) in [6.07, 6.45) is 3.50. The van der Waals surface area contributed by atoms with Crippen LogP contribution in [0.3, 0.4) is 0 Å². The normalized spacial score (nSPS) is 10.2. The van der Waals surface area contributed by atoms with Crippen LogP contribution in [0, 0.1) is 0 Å². The summed E-state index contributed by atoms with van der Waals surface area (Å²) < 4.78 is 10.1. The topological polar surface area (TPSA) is 48.4 Å². The molecule has 17 heavy (non-hydrogen) atoms. The number of aromatic nitrogens is 1. The van der Waals surface area contributed by atoms with Crippen molar-refractivity contribution in [2.75, 3.05) is 13.2 Å². The lowest BCUT2D eigenvalue weighted by Gasteiger charge is -2.06. The smallest absolute Gasteiger partial charge is 0.344 e. The lowest BCUT2D eigenvalue weighted by atomic mass is 10.2. The summed E-state index contributed by atoms with van der Waals surface area (Å²) in [5.74, 6) is 0.291. The minimum atomic E-state index is -0.359. The number of pyridine rings is 1. The van der Waals surface area contributed by atoms with Gasteiger partial charge in [0.05, 0.1) is 6.61 Å².